The van der Waals surface area contributed by atoms with Crippen molar-refractivity contribution in [2.75, 3.05) is 0 Å². The molecule has 0 aliphatic rings. The Morgan fingerprint density at radius 2 is 1.86 bits per heavy atom. The number of hydrogen-bond acceptors (Lipinski definition) is 2. The van der Waals surface area contributed by atoms with Crippen molar-refractivity contribution in [1.29, 1.82) is 0 Å². The van der Waals surface area contributed by atoms with Crippen molar-refractivity contribution < 1.29 is 4.79 Å². The lowest BCUT2D eigenvalue weighted by atomic mass is 10.1. The first-order valence-electron chi connectivity index (χ1n) is 6.79. The van der Waals surface area contributed by atoms with Crippen molar-refractivity contribution in [2.45, 2.75) is 20.3 Å². The van der Waals surface area contributed by atoms with Gasteiger partial charge in [0.25, 0.3) is 5.91 Å². The van der Waals surface area contributed by atoms with E-state index in [1.165, 1.54) is 0 Å². The number of nitrogens with zero attached hydrogens (tertiary/aromatic N) is 1. The van der Waals surface area contributed by atoms with Crippen LogP contribution in [0.5, 0.6) is 0 Å². The van der Waals surface area contributed by atoms with Gasteiger partial charge in [0, 0.05) is 10.6 Å². The quantitative estimate of drug-likeness (QED) is 0.667. The Balaban J connectivity index is 2.14. The maximum absolute atomic E-state index is 12.0. The normalized spacial score (nSPS) is 11.3. The van der Waals surface area contributed by atoms with Crippen LogP contribution < -0.4 is 5.43 Å². The van der Waals surface area contributed by atoms with Crippen LogP contribution in [-0.2, 0) is 0 Å². The van der Waals surface area contributed by atoms with Crippen LogP contribution in [0.3, 0.4) is 0 Å². The summed E-state index contributed by atoms with van der Waals surface area (Å²) in [7, 11) is 0. The minimum absolute atomic E-state index is 0.219. The molecule has 0 heterocycles. The van der Waals surface area contributed by atoms with Crippen molar-refractivity contribution in [2.24, 2.45) is 5.10 Å². The van der Waals surface area contributed by atoms with Crippen molar-refractivity contribution in [3.63, 3.8) is 0 Å². The molecule has 3 nitrogen and oxygen atoms in total. The SMILES string of the molecule is CC/C(=N\NC(=O)c1ccc(C)cc1)c1cccc(Cl)c1. The van der Waals surface area contributed by atoms with Gasteiger partial charge < -0.3 is 0 Å². The zero-order chi connectivity index (χ0) is 15.2. The molecule has 0 saturated carbocycles. The predicted molar refractivity (Wildman–Crippen MR) is 86.9 cm³/mol. The summed E-state index contributed by atoms with van der Waals surface area (Å²) in [5.41, 5.74) is 6.00. The zero-order valence-electron chi connectivity index (χ0n) is 12.1. The number of rotatable bonds is 4. The lowest BCUT2D eigenvalue weighted by molar-refractivity contribution is 0.0955. The Labute approximate surface area is 129 Å². The van der Waals surface area contributed by atoms with Gasteiger partial charge in [0.2, 0.25) is 0 Å². The molecule has 0 aliphatic carbocycles. The Morgan fingerprint density at radius 1 is 1.14 bits per heavy atom. The molecular formula is C17H17ClN2O. The van der Waals surface area contributed by atoms with E-state index in [1.807, 2.05) is 50.2 Å². The minimum Gasteiger partial charge on any atom is -0.267 e. The van der Waals surface area contributed by atoms with E-state index in [4.69, 9.17) is 11.6 Å². The number of carbonyl (C=O) groups excluding carboxylic acids is 1. The Morgan fingerprint density at radius 3 is 2.48 bits per heavy atom. The summed E-state index contributed by atoms with van der Waals surface area (Å²) in [5.74, 6) is -0.219. The number of halogens is 1. The summed E-state index contributed by atoms with van der Waals surface area (Å²) < 4.78 is 0. The second-order valence-corrected chi connectivity index (χ2v) is 5.17. The number of benzene rings is 2. The molecule has 4 heteroatoms. The van der Waals surface area contributed by atoms with Gasteiger partial charge in [-0.1, -0.05) is 48.4 Å². The van der Waals surface area contributed by atoms with Gasteiger partial charge in [0.1, 0.15) is 0 Å². The smallest absolute Gasteiger partial charge is 0.267 e. The summed E-state index contributed by atoms with van der Waals surface area (Å²) in [6.07, 6.45) is 0.703. The van der Waals surface area contributed by atoms with Gasteiger partial charge in [-0.2, -0.15) is 5.10 Å². The molecule has 1 N–H and O–H groups in total. The third-order valence-corrected chi connectivity index (χ3v) is 3.33. The molecule has 108 valence electrons. The molecule has 0 atom stereocenters. The molecule has 0 unspecified atom stereocenters. The summed E-state index contributed by atoms with van der Waals surface area (Å²) >= 11 is 5.98. The van der Waals surface area contributed by atoms with Gasteiger partial charge in [-0.3, -0.25) is 4.79 Å². The van der Waals surface area contributed by atoms with Crippen molar-refractivity contribution in [3.8, 4) is 0 Å². The molecule has 2 aromatic carbocycles. The summed E-state index contributed by atoms with van der Waals surface area (Å²) in [6, 6.07) is 14.8. The highest BCUT2D eigenvalue weighted by atomic mass is 35.5. The van der Waals surface area contributed by atoms with E-state index in [9.17, 15) is 4.79 Å². The molecule has 1 amide bonds. The topological polar surface area (TPSA) is 41.5 Å². The van der Waals surface area contributed by atoms with Crippen LogP contribution in [0.2, 0.25) is 5.02 Å². The zero-order valence-corrected chi connectivity index (χ0v) is 12.8. The van der Waals surface area contributed by atoms with E-state index in [-0.39, 0.29) is 5.91 Å². The number of amides is 1. The lowest BCUT2D eigenvalue weighted by Gasteiger charge is -2.06. The van der Waals surface area contributed by atoms with Gasteiger partial charge in [-0.25, -0.2) is 5.43 Å². The number of hydrogen-bond donors (Lipinski definition) is 1. The van der Waals surface area contributed by atoms with Crippen LogP contribution >= 0.6 is 11.6 Å². The van der Waals surface area contributed by atoms with E-state index in [0.29, 0.717) is 17.0 Å². The third kappa shape index (κ3) is 4.17. The highest BCUT2D eigenvalue weighted by Crippen LogP contribution is 2.13. The van der Waals surface area contributed by atoms with Gasteiger partial charge >= 0.3 is 0 Å². The van der Waals surface area contributed by atoms with Gasteiger partial charge in [0.15, 0.2) is 0 Å². The fraction of sp³-hybridized carbons (Fsp3) is 0.176. The summed E-state index contributed by atoms with van der Waals surface area (Å²) in [6.45, 7) is 3.96. The third-order valence-electron chi connectivity index (χ3n) is 3.10. The summed E-state index contributed by atoms with van der Waals surface area (Å²) in [4.78, 5) is 12.0. The first-order valence-corrected chi connectivity index (χ1v) is 7.17. The molecular weight excluding hydrogens is 284 g/mol. The van der Waals surface area contributed by atoms with Crippen LogP contribution in [0.15, 0.2) is 53.6 Å². The molecule has 2 rings (SSSR count). The van der Waals surface area contributed by atoms with E-state index in [0.717, 1.165) is 16.8 Å². The van der Waals surface area contributed by atoms with Crippen LogP contribution in [0.1, 0.15) is 34.8 Å². The van der Waals surface area contributed by atoms with Crippen LogP contribution in [0.25, 0.3) is 0 Å². The number of hydrazone groups is 1. The highest BCUT2D eigenvalue weighted by Gasteiger charge is 2.06. The van der Waals surface area contributed by atoms with Crippen LogP contribution in [0.4, 0.5) is 0 Å². The van der Waals surface area contributed by atoms with Crippen molar-refractivity contribution in [3.05, 3.63) is 70.2 Å². The van der Waals surface area contributed by atoms with E-state index in [1.54, 1.807) is 12.1 Å². The van der Waals surface area contributed by atoms with E-state index < -0.39 is 0 Å². The van der Waals surface area contributed by atoms with Gasteiger partial charge in [-0.15, -0.1) is 0 Å². The van der Waals surface area contributed by atoms with Crippen LogP contribution in [0, 0.1) is 6.92 Å². The monoisotopic (exact) mass is 300 g/mol. The second-order valence-electron chi connectivity index (χ2n) is 4.73. The molecule has 0 radical (unpaired) electrons. The molecule has 0 aromatic heterocycles. The first kappa shape index (κ1) is 15.3. The minimum atomic E-state index is -0.219. The molecule has 0 bridgehead atoms. The molecule has 21 heavy (non-hydrogen) atoms. The Hall–Kier alpha value is -2.13. The van der Waals surface area contributed by atoms with Crippen molar-refractivity contribution >= 4 is 23.2 Å². The number of aryl methyl sites for hydroxylation is 1. The molecule has 0 spiro atoms. The molecule has 0 saturated heterocycles. The van der Waals surface area contributed by atoms with Crippen molar-refractivity contribution in [1.82, 2.24) is 5.43 Å². The van der Waals surface area contributed by atoms with Gasteiger partial charge in [-0.05, 0) is 43.2 Å². The average Bonchev–Trinajstić information content (AvgIpc) is 2.48. The predicted octanol–water partition coefficient (Wildman–Crippen LogP) is 4.19. The van der Waals surface area contributed by atoms with Gasteiger partial charge in [0.05, 0.1) is 5.71 Å². The largest absolute Gasteiger partial charge is 0.271 e. The Kier molecular flexibility index (Phi) is 5.12. The lowest BCUT2D eigenvalue weighted by Crippen LogP contribution is -2.19. The van der Waals surface area contributed by atoms with Crippen LogP contribution in [-0.4, -0.2) is 11.6 Å². The van der Waals surface area contributed by atoms with E-state index >= 15 is 0 Å². The highest BCUT2D eigenvalue weighted by molar-refractivity contribution is 6.31. The fourth-order valence-electron chi connectivity index (χ4n) is 1.90. The summed E-state index contributed by atoms with van der Waals surface area (Å²) in [5, 5.41) is 4.86. The molecule has 0 fully saturated rings. The number of carbonyl (C=O) groups is 1. The standard InChI is InChI=1S/C17H17ClN2O/c1-3-16(14-5-4-6-15(18)11-14)19-20-17(21)13-9-7-12(2)8-10-13/h4-11H,3H2,1-2H3,(H,20,21)/b19-16+. The fourth-order valence-corrected chi connectivity index (χ4v) is 2.09. The molecule has 0 aliphatic heterocycles. The molecule has 2 aromatic rings. The maximum Gasteiger partial charge on any atom is 0.271 e. The maximum atomic E-state index is 12.0. The average molecular weight is 301 g/mol. The first-order chi connectivity index (χ1) is 10.1. The number of nitrogens with one attached hydrogen (secondary N) is 1. The second kappa shape index (κ2) is 7.04. The van der Waals surface area contributed by atoms with E-state index in [2.05, 4.69) is 10.5 Å². The Bertz CT molecular complexity index is 663.